The van der Waals surface area contributed by atoms with Gasteiger partial charge in [-0.25, -0.2) is 4.79 Å². The molecule has 0 aromatic carbocycles. The molecule has 1 fully saturated rings. The van der Waals surface area contributed by atoms with E-state index < -0.39 is 23.9 Å². The smallest absolute Gasteiger partial charge is 0.315 e. The number of halogens is 1. The fourth-order valence-electron chi connectivity index (χ4n) is 4.32. The third-order valence-corrected chi connectivity index (χ3v) is 6.43. The fraction of sp³-hybridized carbons (Fsp3) is 0.654. The molecule has 1 saturated heterocycles. The number of carbonyl (C=O) groups excluding carboxylic acids is 4. The first-order valence-electron chi connectivity index (χ1n) is 13.6. The first-order valence-corrected chi connectivity index (χ1v) is 13.6. The lowest BCUT2D eigenvalue weighted by molar-refractivity contribution is -0.144. The van der Waals surface area contributed by atoms with Gasteiger partial charge in [-0.05, 0) is 44.2 Å². The molecular weight excluding hydrogens is 542 g/mol. The Kier molecular flexibility index (Phi) is 16.2. The number of likely N-dealkylation sites (tertiary alicyclic amines) is 1. The van der Waals surface area contributed by atoms with Gasteiger partial charge in [-0.2, -0.15) is 0 Å². The standard InChI is InChI=1S/C26H43N7O6.ClH/c1-3-5-11-32(13-10-23(35)38-4-2)24(36)21(31-26(37)30-17-20-9-7-14-39-20)15-22(34)29-16-19-8-6-12-33(18-19)25(27)28;/h7,9,14,19,21H,3-6,8,10-13,15-18H2,1-2H3,(H3,27,28)(H,29,34)(H2,30,31,37);1H/t19-,21-;/m0./s1. The van der Waals surface area contributed by atoms with Crippen molar-refractivity contribution in [3.8, 4) is 0 Å². The number of furan rings is 1. The van der Waals surface area contributed by atoms with Gasteiger partial charge in [0.2, 0.25) is 11.8 Å². The van der Waals surface area contributed by atoms with Gasteiger partial charge < -0.3 is 40.6 Å². The van der Waals surface area contributed by atoms with Crippen molar-refractivity contribution in [3.63, 3.8) is 0 Å². The predicted molar refractivity (Wildman–Crippen MR) is 152 cm³/mol. The van der Waals surface area contributed by atoms with Crippen LogP contribution in [-0.2, 0) is 25.7 Å². The summed E-state index contributed by atoms with van der Waals surface area (Å²) in [6.45, 7) is 6.21. The number of nitrogens with two attached hydrogens (primary N) is 1. The number of amides is 4. The van der Waals surface area contributed by atoms with E-state index in [1.54, 1.807) is 24.0 Å². The molecule has 0 saturated carbocycles. The quantitative estimate of drug-likeness (QED) is 0.117. The third kappa shape index (κ3) is 12.6. The molecule has 14 heteroatoms. The average molecular weight is 586 g/mol. The van der Waals surface area contributed by atoms with Crippen LogP contribution in [0.5, 0.6) is 0 Å². The molecule has 40 heavy (non-hydrogen) atoms. The minimum Gasteiger partial charge on any atom is -0.467 e. The van der Waals surface area contributed by atoms with Gasteiger partial charge >= 0.3 is 12.0 Å². The molecule has 0 spiro atoms. The maximum atomic E-state index is 13.5. The first kappa shape index (κ1) is 34.5. The number of esters is 1. The Labute approximate surface area is 241 Å². The number of hydrogen-bond donors (Lipinski definition) is 5. The molecule has 0 radical (unpaired) electrons. The summed E-state index contributed by atoms with van der Waals surface area (Å²) in [5, 5.41) is 15.8. The van der Waals surface area contributed by atoms with E-state index in [0.717, 1.165) is 19.3 Å². The summed E-state index contributed by atoms with van der Waals surface area (Å²) in [6.07, 6.45) is 4.52. The maximum absolute atomic E-state index is 13.5. The topological polar surface area (TPSA) is 183 Å². The highest BCUT2D eigenvalue weighted by molar-refractivity contribution is 5.92. The summed E-state index contributed by atoms with van der Waals surface area (Å²) >= 11 is 0. The molecule has 0 unspecified atom stereocenters. The maximum Gasteiger partial charge on any atom is 0.315 e. The van der Waals surface area contributed by atoms with Gasteiger partial charge in [-0.15, -0.1) is 12.4 Å². The van der Waals surface area contributed by atoms with Crippen molar-refractivity contribution >= 4 is 42.2 Å². The van der Waals surface area contributed by atoms with E-state index in [1.165, 1.54) is 11.2 Å². The summed E-state index contributed by atoms with van der Waals surface area (Å²) in [7, 11) is 0. The second-order valence-electron chi connectivity index (χ2n) is 9.54. The highest BCUT2D eigenvalue weighted by Gasteiger charge is 2.29. The van der Waals surface area contributed by atoms with Crippen molar-refractivity contribution < 1.29 is 28.3 Å². The molecule has 0 bridgehead atoms. The Balaban J connectivity index is 0.00000800. The predicted octanol–water partition coefficient (Wildman–Crippen LogP) is 1.56. The summed E-state index contributed by atoms with van der Waals surface area (Å²) in [5.74, 6) is -0.585. The number of urea groups is 1. The number of ether oxygens (including phenoxy) is 1. The van der Waals surface area contributed by atoms with Crippen molar-refractivity contribution in [2.45, 2.75) is 65.0 Å². The molecule has 13 nitrogen and oxygen atoms in total. The van der Waals surface area contributed by atoms with Crippen LogP contribution in [0.25, 0.3) is 0 Å². The van der Waals surface area contributed by atoms with Gasteiger partial charge in [0, 0.05) is 32.7 Å². The van der Waals surface area contributed by atoms with Crippen LogP contribution in [-0.4, -0.2) is 84.9 Å². The Morgan fingerprint density at radius 3 is 2.67 bits per heavy atom. The Bertz CT molecular complexity index is 946. The van der Waals surface area contributed by atoms with Gasteiger partial charge in [0.25, 0.3) is 0 Å². The van der Waals surface area contributed by atoms with E-state index in [1.807, 2.05) is 6.92 Å². The van der Waals surface area contributed by atoms with Gasteiger partial charge in [0.1, 0.15) is 11.8 Å². The number of rotatable bonds is 15. The second-order valence-corrected chi connectivity index (χ2v) is 9.54. The minimum atomic E-state index is -1.14. The number of carbonyl (C=O) groups is 4. The average Bonchev–Trinajstić information content (AvgIpc) is 3.44. The van der Waals surface area contributed by atoms with E-state index in [0.29, 0.717) is 38.4 Å². The number of piperidine rings is 1. The third-order valence-electron chi connectivity index (χ3n) is 6.43. The summed E-state index contributed by atoms with van der Waals surface area (Å²) < 4.78 is 10.2. The van der Waals surface area contributed by atoms with Gasteiger partial charge in [-0.3, -0.25) is 19.8 Å². The molecule has 2 atom stereocenters. The Hall–Kier alpha value is -3.48. The van der Waals surface area contributed by atoms with E-state index in [9.17, 15) is 19.2 Å². The van der Waals surface area contributed by atoms with Crippen LogP contribution in [0.4, 0.5) is 4.79 Å². The van der Waals surface area contributed by atoms with Crippen molar-refractivity contribution in [2.75, 3.05) is 39.3 Å². The van der Waals surface area contributed by atoms with Crippen LogP contribution in [0, 0.1) is 11.3 Å². The zero-order valence-corrected chi connectivity index (χ0v) is 24.2. The first-order chi connectivity index (χ1) is 18.7. The molecule has 1 aromatic heterocycles. The zero-order valence-electron chi connectivity index (χ0n) is 23.4. The largest absolute Gasteiger partial charge is 0.467 e. The molecule has 0 aliphatic carbocycles. The Morgan fingerprint density at radius 2 is 2.02 bits per heavy atom. The van der Waals surface area contributed by atoms with E-state index >= 15 is 0 Å². The molecule has 2 heterocycles. The SMILES string of the molecule is CCCCN(CCC(=O)OCC)C(=O)[C@H](CC(=O)NC[C@@H]1CCCN(C(=N)N)C1)NC(=O)NCc1ccco1.Cl. The van der Waals surface area contributed by atoms with Crippen LogP contribution in [0.15, 0.2) is 22.8 Å². The van der Waals surface area contributed by atoms with E-state index in [4.69, 9.17) is 20.3 Å². The molecular formula is C26H44ClN7O6. The highest BCUT2D eigenvalue weighted by Crippen LogP contribution is 2.15. The molecule has 1 aliphatic heterocycles. The normalized spacial score (nSPS) is 15.2. The fourth-order valence-corrected chi connectivity index (χ4v) is 4.32. The van der Waals surface area contributed by atoms with Crippen LogP contribution in [0.2, 0.25) is 0 Å². The van der Waals surface area contributed by atoms with Crippen LogP contribution >= 0.6 is 12.4 Å². The number of nitrogens with one attached hydrogen (secondary N) is 4. The van der Waals surface area contributed by atoms with Crippen molar-refractivity contribution in [3.05, 3.63) is 24.2 Å². The summed E-state index contributed by atoms with van der Waals surface area (Å²) in [5.41, 5.74) is 5.61. The number of unbranched alkanes of at least 4 members (excludes halogenated alkanes) is 1. The molecule has 4 amide bonds. The highest BCUT2D eigenvalue weighted by atomic mass is 35.5. The molecule has 6 N–H and O–H groups in total. The minimum absolute atomic E-state index is 0. The lowest BCUT2D eigenvalue weighted by Crippen LogP contribution is -2.53. The van der Waals surface area contributed by atoms with Crippen molar-refractivity contribution in [1.82, 2.24) is 25.8 Å². The van der Waals surface area contributed by atoms with Crippen LogP contribution < -0.4 is 21.7 Å². The molecule has 1 aromatic rings. The van der Waals surface area contributed by atoms with Crippen LogP contribution in [0.1, 0.15) is 58.1 Å². The molecule has 226 valence electrons. The number of hydrogen-bond acceptors (Lipinski definition) is 7. The second kappa shape index (κ2) is 18.7. The van der Waals surface area contributed by atoms with E-state index in [-0.39, 0.29) is 62.7 Å². The van der Waals surface area contributed by atoms with E-state index in [2.05, 4.69) is 16.0 Å². The number of guanidine groups is 1. The molecule has 2 rings (SSSR count). The lowest BCUT2D eigenvalue weighted by Gasteiger charge is -2.33. The zero-order chi connectivity index (χ0) is 28.6. The van der Waals surface area contributed by atoms with Gasteiger partial charge in [-0.1, -0.05) is 13.3 Å². The van der Waals surface area contributed by atoms with Gasteiger partial charge in [0.15, 0.2) is 5.96 Å². The van der Waals surface area contributed by atoms with Crippen LogP contribution in [0.3, 0.4) is 0 Å². The van der Waals surface area contributed by atoms with Crippen molar-refractivity contribution in [1.29, 1.82) is 5.41 Å². The monoisotopic (exact) mass is 585 g/mol. The summed E-state index contributed by atoms with van der Waals surface area (Å²) in [4.78, 5) is 54.3. The number of nitrogens with zero attached hydrogens (tertiary/aromatic N) is 2. The summed E-state index contributed by atoms with van der Waals surface area (Å²) in [6, 6.07) is 1.64. The van der Waals surface area contributed by atoms with Crippen molar-refractivity contribution in [2.24, 2.45) is 11.7 Å². The Morgan fingerprint density at radius 1 is 1.25 bits per heavy atom. The lowest BCUT2D eigenvalue weighted by atomic mass is 9.98. The molecule has 1 aliphatic rings. The van der Waals surface area contributed by atoms with Gasteiger partial charge in [0.05, 0.1) is 32.3 Å².